The van der Waals surface area contributed by atoms with Gasteiger partial charge in [-0.25, -0.2) is 4.68 Å². The number of tetrazole rings is 1. The summed E-state index contributed by atoms with van der Waals surface area (Å²) in [4.78, 5) is 0. The van der Waals surface area contributed by atoms with Gasteiger partial charge in [0.25, 0.3) is 0 Å². The van der Waals surface area contributed by atoms with Gasteiger partial charge in [0.2, 0.25) is 0 Å². The van der Waals surface area contributed by atoms with Crippen molar-refractivity contribution in [2.45, 2.75) is 38.6 Å². The minimum absolute atomic E-state index is 0.131. The van der Waals surface area contributed by atoms with Crippen LogP contribution in [0.25, 0.3) is 0 Å². The molecular formula is C7H13ClN4. The molecule has 0 saturated carbocycles. The largest absolute Gasteiger partial charge is 0.225 e. The molecule has 0 spiro atoms. The Morgan fingerprint density at radius 2 is 2.17 bits per heavy atom. The summed E-state index contributed by atoms with van der Waals surface area (Å²) in [6.07, 6.45) is 1.00. The lowest BCUT2D eigenvalue weighted by Gasteiger charge is -2.11. The molecule has 0 aliphatic heterocycles. The van der Waals surface area contributed by atoms with Crippen molar-refractivity contribution in [3.8, 4) is 0 Å². The normalized spacial score (nSPS) is 16.0. The molecular weight excluding hydrogens is 176 g/mol. The van der Waals surface area contributed by atoms with Gasteiger partial charge < -0.3 is 0 Å². The predicted octanol–water partition coefficient (Wildman–Crippen LogP) is 1.94. The molecule has 1 aromatic rings. The van der Waals surface area contributed by atoms with Crippen LogP contribution in [0.2, 0.25) is 0 Å². The standard InChI is InChI=1S/C7H13ClN4/c1-4-5(2)12-7(6(3)8)9-10-11-12/h5-6H,4H2,1-3H3. The predicted molar refractivity (Wildman–Crippen MR) is 47.1 cm³/mol. The number of hydrogen-bond acceptors (Lipinski definition) is 3. The first-order chi connectivity index (χ1) is 5.66. The minimum atomic E-state index is -0.131. The van der Waals surface area contributed by atoms with Gasteiger partial charge in [-0.05, 0) is 30.7 Å². The first kappa shape index (κ1) is 9.45. The summed E-state index contributed by atoms with van der Waals surface area (Å²) in [7, 11) is 0. The van der Waals surface area contributed by atoms with Crippen LogP contribution in [0.4, 0.5) is 0 Å². The summed E-state index contributed by atoms with van der Waals surface area (Å²) in [5.74, 6) is 0.742. The molecule has 0 aromatic carbocycles. The summed E-state index contributed by atoms with van der Waals surface area (Å²) >= 11 is 5.89. The van der Waals surface area contributed by atoms with Gasteiger partial charge in [0.1, 0.15) is 0 Å². The zero-order valence-electron chi connectivity index (χ0n) is 7.53. The molecule has 0 radical (unpaired) electrons. The summed E-state index contributed by atoms with van der Waals surface area (Å²) in [5.41, 5.74) is 0. The third-order valence-electron chi connectivity index (χ3n) is 1.88. The molecule has 12 heavy (non-hydrogen) atoms. The van der Waals surface area contributed by atoms with Crippen LogP contribution in [0, 0.1) is 0 Å². The molecule has 0 fully saturated rings. The van der Waals surface area contributed by atoms with Crippen molar-refractivity contribution in [3.63, 3.8) is 0 Å². The Labute approximate surface area is 76.9 Å². The first-order valence-electron chi connectivity index (χ1n) is 4.08. The molecule has 1 aromatic heterocycles. The third kappa shape index (κ3) is 1.75. The monoisotopic (exact) mass is 188 g/mol. The third-order valence-corrected chi connectivity index (χ3v) is 2.08. The van der Waals surface area contributed by atoms with Crippen molar-refractivity contribution >= 4 is 11.6 Å². The number of nitrogens with zero attached hydrogens (tertiary/aromatic N) is 4. The van der Waals surface area contributed by atoms with Crippen LogP contribution >= 0.6 is 11.6 Å². The van der Waals surface area contributed by atoms with Gasteiger partial charge in [-0.3, -0.25) is 0 Å². The Balaban J connectivity index is 2.91. The number of alkyl halides is 1. The zero-order valence-corrected chi connectivity index (χ0v) is 8.28. The van der Waals surface area contributed by atoms with E-state index in [0.717, 1.165) is 12.2 Å². The molecule has 68 valence electrons. The summed E-state index contributed by atoms with van der Waals surface area (Å²) in [5, 5.41) is 11.2. The molecule has 0 N–H and O–H groups in total. The van der Waals surface area contributed by atoms with E-state index in [1.807, 2.05) is 6.92 Å². The van der Waals surface area contributed by atoms with Crippen LogP contribution in [0.15, 0.2) is 0 Å². The maximum Gasteiger partial charge on any atom is 0.169 e. The Hall–Kier alpha value is -0.640. The fourth-order valence-corrected chi connectivity index (χ4v) is 1.09. The number of hydrogen-bond donors (Lipinski definition) is 0. The smallest absolute Gasteiger partial charge is 0.169 e. The molecule has 0 bridgehead atoms. The van der Waals surface area contributed by atoms with Crippen LogP contribution in [-0.4, -0.2) is 20.2 Å². The molecule has 5 heteroatoms. The SMILES string of the molecule is CCC(C)n1nnnc1C(C)Cl. The lowest BCUT2D eigenvalue weighted by Crippen LogP contribution is -2.10. The van der Waals surface area contributed by atoms with Crippen LogP contribution in [0.3, 0.4) is 0 Å². The molecule has 1 heterocycles. The fraction of sp³-hybridized carbons (Fsp3) is 0.857. The van der Waals surface area contributed by atoms with Gasteiger partial charge in [0.05, 0.1) is 11.4 Å². The van der Waals surface area contributed by atoms with Crippen LogP contribution < -0.4 is 0 Å². The highest BCUT2D eigenvalue weighted by molar-refractivity contribution is 6.20. The lowest BCUT2D eigenvalue weighted by atomic mass is 10.2. The summed E-state index contributed by atoms with van der Waals surface area (Å²) in [6.45, 7) is 6.03. The van der Waals surface area contributed by atoms with Crippen molar-refractivity contribution in [2.75, 3.05) is 0 Å². The second kappa shape index (κ2) is 3.85. The maximum absolute atomic E-state index is 5.89. The van der Waals surface area contributed by atoms with Crippen LogP contribution in [0.1, 0.15) is 44.4 Å². The van der Waals surface area contributed by atoms with Gasteiger partial charge in [-0.2, -0.15) is 0 Å². The molecule has 2 atom stereocenters. The van der Waals surface area contributed by atoms with E-state index in [1.165, 1.54) is 0 Å². The van der Waals surface area contributed by atoms with Gasteiger partial charge in [-0.1, -0.05) is 6.92 Å². The molecule has 1 rings (SSSR count). The molecule has 0 saturated heterocycles. The quantitative estimate of drug-likeness (QED) is 0.681. The van der Waals surface area contributed by atoms with E-state index >= 15 is 0 Å². The molecule has 0 amide bonds. The van der Waals surface area contributed by atoms with Crippen LogP contribution in [-0.2, 0) is 0 Å². The highest BCUT2D eigenvalue weighted by Crippen LogP contribution is 2.19. The van der Waals surface area contributed by atoms with Crippen molar-refractivity contribution in [1.82, 2.24) is 20.2 Å². The van der Waals surface area contributed by atoms with E-state index < -0.39 is 0 Å². The van der Waals surface area contributed by atoms with Gasteiger partial charge in [0, 0.05) is 0 Å². The van der Waals surface area contributed by atoms with E-state index in [2.05, 4.69) is 29.4 Å². The fourth-order valence-electron chi connectivity index (χ4n) is 0.949. The Kier molecular flexibility index (Phi) is 3.03. The number of halogens is 1. The van der Waals surface area contributed by atoms with Gasteiger partial charge >= 0.3 is 0 Å². The summed E-state index contributed by atoms with van der Waals surface area (Å²) < 4.78 is 1.78. The maximum atomic E-state index is 5.89. The van der Waals surface area contributed by atoms with Crippen molar-refractivity contribution < 1.29 is 0 Å². The highest BCUT2D eigenvalue weighted by Gasteiger charge is 2.14. The van der Waals surface area contributed by atoms with Crippen molar-refractivity contribution in [2.24, 2.45) is 0 Å². The minimum Gasteiger partial charge on any atom is -0.225 e. The molecule has 0 aliphatic carbocycles. The average molecular weight is 189 g/mol. The van der Waals surface area contributed by atoms with E-state index in [1.54, 1.807) is 4.68 Å². The number of aromatic nitrogens is 4. The van der Waals surface area contributed by atoms with Crippen molar-refractivity contribution in [3.05, 3.63) is 5.82 Å². The zero-order chi connectivity index (χ0) is 9.14. The summed E-state index contributed by atoms with van der Waals surface area (Å²) in [6, 6.07) is 0.316. The molecule has 0 aliphatic rings. The lowest BCUT2D eigenvalue weighted by molar-refractivity contribution is 0.448. The Morgan fingerprint density at radius 3 is 2.67 bits per heavy atom. The van der Waals surface area contributed by atoms with E-state index in [4.69, 9.17) is 11.6 Å². The van der Waals surface area contributed by atoms with Gasteiger partial charge in [-0.15, -0.1) is 16.7 Å². The topological polar surface area (TPSA) is 43.6 Å². The average Bonchev–Trinajstić information content (AvgIpc) is 2.50. The second-order valence-corrected chi connectivity index (χ2v) is 3.51. The van der Waals surface area contributed by atoms with E-state index in [-0.39, 0.29) is 5.38 Å². The Morgan fingerprint density at radius 1 is 1.50 bits per heavy atom. The first-order valence-corrected chi connectivity index (χ1v) is 4.52. The molecule has 4 nitrogen and oxygen atoms in total. The van der Waals surface area contributed by atoms with E-state index in [9.17, 15) is 0 Å². The molecule has 2 unspecified atom stereocenters. The van der Waals surface area contributed by atoms with E-state index in [0.29, 0.717) is 6.04 Å². The second-order valence-electron chi connectivity index (χ2n) is 2.85. The van der Waals surface area contributed by atoms with Crippen LogP contribution in [0.5, 0.6) is 0 Å². The van der Waals surface area contributed by atoms with Gasteiger partial charge in [0.15, 0.2) is 5.82 Å². The highest BCUT2D eigenvalue weighted by atomic mass is 35.5. The number of rotatable bonds is 3. The Bertz CT molecular complexity index is 245. The van der Waals surface area contributed by atoms with Crippen molar-refractivity contribution in [1.29, 1.82) is 0 Å².